The van der Waals surface area contributed by atoms with Gasteiger partial charge in [0, 0.05) is 24.0 Å². The van der Waals surface area contributed by atoms with Gasteiger partial charge >= 0.3 is 0 Å². The molecule has 1 amide bonds. The number of hydrogen-bond acceptors (Lipinski definition) is 2. The van der Waals surface area contributed by atoms with Crippen molar-refractivity contribution >= 4 is 5.91 Å². The molecule has 3 nitrogen and oxygen atoms in total. The van der Waals surface area contributed by atoms with Crippen molar-refractivity contribution in [1.82, 2.24) is 4.90 Å². The van der Waals surface area contributed by atoms with E-state index < -0.39 is 0 Å². The van der Waals surface area contributed by atoms with Gasteiger partial charge in [-0.3, -0.25) is 4.79 Å². The van der Waals surface area contributed by atoms with Crippen molar-refractivity contribution in [1.29, 1.82) is 0 Å². The second kappa shape index (κ2) is 4.97. The lowest BCUT2D eigenvalue weighted by Gasteiger charge is -2.41. The van der Waals surface area contributed by atoms with Gasteiger partial charge in [-0.1, -0.05) is 19.8 Å². The van der Waals surface area contributed by atoms with Gasteiger partial charge in [0.25, 0.3) is 0 Å². The van der Waals surface area contributed by atoms with Crippen molar-refractivity contribution in [2.45, 2.75) is 70.9 Å². The van der Waals surface area contributed by atoms with E-state index in [4.69, 9.17) is 5.73 Å². The van der Waals surface area contributed by atoms with E-state index in [1.54, 1.807) is 0 Å². The first-order valence-electron chi connectivity index (χ1n) is 7.16. The predicted octanol–water partition coefficient (Wildman–Crippen LogP) is 2.29. The van der Waals surface area contributed by atoms with Gasteiger partial charge in [-0.15, -0.1) is 0 Å². The van der Waals surface area contributed by atoms with Crippen molar-refractivity contribution < 1.29 is 4.79 Å². The van der Waals surface area contributed by atoms with Crippen LogP contribution < -0.4 is 5.73 Å². The maximum Gasteiger partial charge on any atom is 0.229 e. The first-order chi connectivity index (χ1) is 8.09. The minimum atomic E-state index is -0.0320. The van der Waals surface area contributed by atoms with E-state index in [0.29, 0.717) is 11.9 Å². The summed E-state index contributed by atoms with van der Waals surface area (Å²) in [6, 6.07) is 0.616. The van der Waals surface area contributed by atoms with Crippen LogP contribution in [0.15, 0.2) is 0 Å². The lowest BCUT2D eigenvalue weighted by molar-refractivity contribution is -0.145. The normalized spacial score (nSPS) is 32.8. The lowest BCUT2D eigenvalue weighted by atomic mass is 9.80. The van der Waals surface area contributed by atoms with E-state index in [1.807, 2.05) is 0 Å². The van der Waals surface area contributed by atoms with Crippen LogP contribution in [0.1, 0.15) is 58.8 Å². The Kier molecular flexibility index (Phi) is 3.76. The minimum absolute atomic E-state index is 0.0320. The highest BCUT2D eigenvalue weighted by Gasteiger charge is 2.43. The Hall–Kier alpha value is -0.570. The monoisotopic (exact) mass is 238 g/mol. The third-order valence-corrected chi connectivity index (χ3v) is 4.87. The van der Waals surface area contributed by atoms with Crippen LogP contribution in [0.5, 0.6) is 0 Å². The molecule has 2 N–H and O–H groups in total. The fourth-order valence-electron chi connectivity index (χ4n) is 3.59. The molecule has 2 aliphatic rings. The third kappa shape index (κ3) is 2.35. The molecule has 2 rings (SSSR count). The molecular weight excluding hydrogens is 212 g/mol. The van der Waals surface area contributed by atoms with Crippen LogP contribution >= 0.6 is 0 Å². The predicted molar refractivity (Wildman–Crippen MR) is 69.6 cm³/mol. The Morgan fingerprint density at radius 2 is 2.06 bits per heavy atom. The largest absolute Gasteiger partial charge is 0.339 e. The van der Waals surface area contributed by atoms with Gasteiger partial charge in [0.2, 0.25) is 5.91 Å². The Morgan fingerprint density at radius 3 is 2.59 bits per heavy atom. The molecule has 0 aromatic heterocycles. The van der Waals surface area contributed by atoms with Crippen LogP contribution in [0.2, 0.25) is 0 Å². The van der Waals surface area contributed by atoms with Crippen LogP contribution in [-0.4, -0.2) is 29.4 Å². The zero-order valence-corrected chi connectivity index (χ0v) is 11.2. The summed E-state index contributed by atoms with van der Waals surface area (Å²) in [5.74, 6) is 0.414. The molecule has 17 heavy (non-hydrogen) atoms. The fraction of sp³-hybridized carbons (Fsp3) is 0.929. The molecule has 3 heteroatoms. The average Bonchev–Trinajstić information content (AvgIpc) is 2.78. The van der Waals surface area contributed by atoms with E-state index in [0.717, 1.165) is 38.6 Å². The molecule has 0 aromatic rings. The Bertz CT molecular complexity index is 284. The highest BCUT2D eigenvalue weighted by molar-refractivity contribution is 5.83. The van der Waals surface area contributed by atoms with E-state index in [9.17, 15) is 4.79 Å². The summed E-state index contributed by atoms with van der Waals surface area (Å²) in [6.07, 6.45) is 7.57. The molecule has 0 bridgehead atoms. The number of amides is 1. The number of carbonyl (C=O) groups is 1. The molecule has 1 aliphatic heterocycles. The number of piperidine rings is 1. The molecule has 2 unspecified atom stereocenters. The Balaban J connectivity index is 2.08. The SMILES string of the molecule is CCC1(C(=O)N2CCC(N)CC2C)CCCC1. The smallest absolute Gasteiger partial charge is 0.229 e. The highest BCUT2D eigenvalue weighted by Crippen LogP contribution is 2.43. The molecule has 1 aliphatic carbocycles. The number of carbonyl (C=O) groups excluding carboxylic acids is 1. The molecule has 98 valence electrons. The first-order valence-corrected chi connectivity index (χ1v) is 7.16. The van der Waals surface area contributed by atoms with Crippen molar-refractivity contribution in [2.75, 3.05) is 6.54 Å². The quantitative estimate of drug-likeness (QED) is 0.802. The Labute approximate surface area is 105 Å². The van der Waals surface area contributed by atoms with E-state index in [2.05, 4.69) is 18.7 Å². The zero-order chi connectivity index (χ0) is 12.5. The van der Waals surface area contributed by atoms with E-state index in [1.165, 1.54) is 12.8 Å². The first kappa shape index (κ1) is 12.9. The van der Waals surface area contributed by atoms with Crippen molar-refractivity contribution in [3.8, 4) is 0 Å². The summed E-state index contributed by atoms with van der Waals surface area (Å²) >= 11 is 0. The van der Waals surface area contributed by atoms with Crippen molar-refractivity contribution in [2.24, 2.45) is 11.1 Å². The molecule has 2 fully saturated rings. The summed E-state index contributed by atoms with van der Waals surface area (Å²) in [5, 5.41) is 0. The molecule has 1 heterocycles. The molecular formula is C14H26N2O. The van der Waals surface area contributed by atoms with Gasteiger partial charge in [0.1, 0.15) is 0 Å². The summed E-state index contributed by atoms with van der Waals surface area (Å²) in [4.78, 5) is 14.9. The standard InChI is InChI=1S/C14H26N2O/c1-3-14(7-4-5-8-14)13(17)16-9-6-12(15)10-11(16)2/h11-12H,3-10,15H2,1-2H3. The summed E-state index contributed by atoms with van der Waals surface area (Å²) in [7, 11) is 0. The van der Waals surface area contributed by atoms with Crippen LogP contribution in [0.3, 0.4) is 0 Å². The van der Waals surface area contributed by atoms with Gasteiger partial charge in [-0.25, -0.2) is 0 Å². The van der Waals surface area contributed by atoms with E-state index >= 15 is 0 Å². The van der Waals surface area contributed by atoms with Gasteiger partial charge in [-0.2, -0.15) is 0 Å². The fourth-order valence-corrected chi connectivity index (χ4v) is 3.59. The zero-order valence-electron chi connectivity index (χ0n) is 11.2. The van der Waals surface area contributed by atoms with Gasteiger partial charge in [0.15, 0.2) is 0 Å². The molecule has 0 spiro atoms. The average molecular weight is 238 g/mol. The van der Waals surface area contributed by atoms with Crippen LogP contribution in [-0.2, 0) is 4.79 Å². The summed E-state index contributed by atoms with van der Waals surface area (Å²) < 4.78 is 0. The minimum Gasteiger partial charge on any atom is -0.339 e. The number of nitrogens with zero attached hydrogens (tertiary/aromatic N) is 1. The summed E-state index contributed by atoms with van der Waals surface area (Å²) in [6.45, 7) is 5.18. The van der Waals surface area contributed by atoms with Crippen LogP contribution in [0.4, 0.5) is 0 Å². The summed E-state index contributed by atoms with van der Waals surface area (Å²) in [5.41, 5.74) is 5.94. The van der Waals surface area contributed by atoms with Crippen molar-refractivity contribution in [3.63, 3.8) is 0 Å². The Morgan fingerprint density at radius 1 is 1.41 bits per heavy atom. The molecule has 0 aromatic carbocycles. The molecule has 1 saturated heterocycles. The third-order valence-electron chi connectivity index (χ3n) is 4.87. The maximum atomic E-state index is 12.8. The number of rotatable bonds is 2. The van der Waals surface area contributed by atoms with Crippen LogP contribution in [0, 0.1) is 5.41 Å². The van der Waals surface area contributed by atoms with Gasteiger partial charge in [-0.05, 0) is 39.0 Å². The highest BCUT2D eigenvalue weighted by atomic mass is 16.2. The number of hydrogen-bond donors (Lipinski definition) is 1. The van der Waals surface area contributed by atoms with Gasteiger partial charge in [0.05, 0.1) is 0 Å². The number of likely N-dealkylation sites (tertiary alicyclic amines) is 1. The van der Waals surface area contributed by atoms with E-state index in [-0.39, 0.29) is 11.5 Å². The molecule has 0 radical (unpaired) electrons. The maximum absolute atomic E-state index is 12.8. The topological polar surface area (TPSA) is 46.3 Å². The molecule has 1 saturated carbocycles. The molecule has 2 atom stereocenters. The second-order valence-corrected chi connectivity index (χ2v) is 5.97. The van der Waals surface area contributed by atoms with Crippen molar-refractivity contribution in [3.05, 3.63) is 0 Å². The lowest BCUT2D eigenvalue weighted by Crippen LogP contribution is -2.52. The number of nitrogens with two attached hydrogens (primary N) is 1. The van der Waals surface area contributed by atoms with Gasteiger partial charge < -0.3 is 10.6 Å². The second-order valence-electron chi connectivity index (χ2n) is 5.97. The van der Waals surface area contributed by atoms with Crippen LogP contribution in [0.25, 0.3) is 0 Å².